The van der Waals surface area contributed by atoms with E-state index in [0.29, 0.717) is 11.3 Å². The molecule has 1 heterocycles. The normalized spacial score (nSPS) is 22.4. The molecule has 0 saturated carbocycles. The summed E-state index contributed by atoms with van der Waals surface area (Å²) in [6.07, 6.45) is 0. The maximum atomic E-state index is 11.9. The molecule has 0 aromatic heterocycles. The second-order valence-electron chi connectivity index (χ2n) is 3.68. The Bertz CT molecular complexity index is 551. The Labute approximate surface area is 93.6 Å². The van der Waals surface area contributed by atoms with Crippen molar-refractivity contribution >= 4 is 20.6 Å². The Morgan fingerprint density at radius 1 is 1.44 bits per heavy atom. The van der Waals surface area contributed by atoms with Crippen LogP contribution in [0.4, 0.5) is 5.69 Å². The van der Waals surface area contributed by atoms with E-state index in [9.17, 15) is 13.2 Å². The molecular weight excluding hydrogens is 228 g/mol. The van der Waals surface area contributed by atoms with Crippen molar-refractivity contribution in [1.82, 2.24) is 0 Å². The smallest absolute Gasteiger partial charge is 0.272 e. The van der Waals surface area contributed by atoms with Gasteiger partial charge < -0.3 is 11.1 Å². The van der Waals surface area contributed by atoms with Crippen LogP contribution in [0.3, 0.4) is 0 Å². The molecule has 86 valence electrons. The molecule has 0 spiro atoms. The number of anilines is 1. The highest BCUT2D eigenvalue weighted by molar-refractivity contribution is 8.06. The molecule has 1 unspecified atom stereocenters. The summed E-state index contributed by atoms with van der Waals surface area (Å²) in [5.41, 5.74) is 6.67. The Balaban J connectivity index is 2.74. The predicted octanol–water partition coefficient (Wildman–Crippen LogP) is 0.260. The van der Waals surface area contributed by atoms with Gasteiger partial charge in [-0.05, 0) is 18.6 Å². The molecule has 0 radical (unpaired) electrons. The first-order valence-electron chi connectivity index (χ1n) is 4.86. The Hall–Kier alpha value is -1.40. The third-order valence-corrected chi connectivity index (χ3v) is 4.40. The standard InChI is InChI=1S/C10H12N2O3S/c1-6-10(13)16(14,15)8-4-2-3-7(5-11)9(8)12-6/h2-4,6,12H,5,11H2,1H3. The number of carbonyl (C=O) groups is 1. The molecule has 0 aliphatic carbocycles. The molecule has 0 fully saturated rings. The minimum Gasteiger partial charge on any atom is -0.373 e. The predicted molar refractivity (Wildman–Crippen MR) is 59.6 cm³/mol. The number of nitrogens with one attached hydrogen (secondary N) is 1. The van der Waals surface area contributed by atoms with Crippen molar-refractivity contribution in [3.8, 4) is 0 Å². The molecule has 1 aliphatic heterocycles. The summed E-state index contributed by atoms with van der Waals surface area (Å²) in [5, 5.41) is 2.08. The van der Waals surface area contributed by atoms with Crippen LogP contribution in [-0.2, 0) is 21.2 Å². The second-order valence-corrected chi connectivity index (χ2v) is 5.53. The van der Waals surface area contributed by atoms with Gasteiger partial charge in [-0.25, -0.2) is 8.42 Å². The summed E-state index contributed by atoms with van der Waals surface area (Å²) in [6, 6.07) is 4.01. The van der Waals surface area contributed by atoms with Gasteiger partial charge in [-0.15, -0.1) is 0 Å². The fraction of sp³-hybridized carbons (Fsp3) is 0.300. The Kier molecular flexibility index (Phi) is 2.47. The number of rotatable bonds is 1. The second kappa shape index (κ2) is 3.57. The zero-order valence-corrected chi connectivity index (χ0v) is 9.54. The quantitative estimate of drug-likeness (QED) is 0.735. The minimum absolute atomic E-state index is 0.0264. The van der Waals surface area contributed by atoms with Crippen LogP contribution in [0.15, 0.2) is 23.1 Å². The molecule has 0 bridgehead atoms. The first-order chi connectivity index (χ1) is 7.48. The highest BCUT2D eigenvalue weighted by Gasteiger charge is 2.37. The van der Waals surface area contributed by atoms with Gasteiger partial charge in [0.15, 0.2) is 0 Å². The highest BCUT2D eigenvalue weighted by Crippen LogP contribution is 2.32. The van der Waals surface area contributed by atoms with Gasteiger partial charge >= 0.3 is 0 Å². The van der Waals surface area contributed by atoms with Gasteiger partial charge in [0.05, 0.1) is 16.6 Å². The van der Waals surface area contributed by atoms with Gasteiger partial charge in [-0.2, -0.15) is 0 Å². The Morgan fingerprint density at radius 2 is 2.12 bits per heavy atom. The van der Waals surface area contributed by atoms with Gasteiger partial charge in [-0.1, -0.05) is 12.1 Å². The lowest BCUT2D eigenvalue weighted by Gasteiger charge is -2.24. The fourth-order valence-electron chi connectivity index (χ4n) is 1.75. The van der Waals surface area contributed by atoms with E-state index in [-0.39, 0.29) is 11.4 Å². The lowest BCUT2D eigenvalue weighted by Crippen LogP contribution is -2.38. The average molecular weight is 240 g/mol. The first kappa shape index (κ1) is 11.1. The maximum Gasteiger partial charge on any atom is 0.272 e. The minimum atomic E-state index is -3.86. The van der Waals surface area contributed by atoms with Crippen LogP contribution in [0.2, 0.25) is 0 Å². The molecule has 6 heteroatoms. The number of para-hydroxylation sites is 1. The van der Waals surface area contributed by atoms with Crippen LogP contribution in [0.5, 0.6) is 0 Å². The number of hydrogen-bond acceptors (Lipinski definition) is 5. The summed E-state index contributed by atoms with van der Waals surface area (Å²) < 4.78 is 23.7. The van der Waals surface area contributed by atoms with E-state index >= 15 is 0 Å². The zero-order valence-electron chi connectivity index (χ0n) is 8.73. The third kappa shape index (κ3) is 1.42. The molecule has 1 aromatic carbocycles. The van der Waals surface area contributed by atoms with Crippen LogP contribution in [0.25, 0.3) is 0 Å². The topological polar surface area (TPSA) is 89.3 Å². The van der Waals surface area contributed by atoms with Gasteiger partial charge in [0, 0.05) is 6.54 Å². The SMILES string of the molecule is CC1Nc2c(CN)cccc2S(=O)(=O)C1=O. The van der Waals surface area contributed by atoms with E-state index in [2.05, 4.69) is 5.32 Å². The van der Waals surface area contributed by atoms with E-state index in [1.165, 1.54) is 13.0 Å². The van der Waals surface area contributed by atoms with Gasteiger partial charge in [-0.3, -0.25) is 4.79 Å². The molecule has 0 saturated heterocycles. The van der Waals surface area contributed by atoms with Crippen LogP contribution >= 0.6 is 0 Å². The summed E-state index contributed by atoms with van der Waals surface area (Å²) >= 11 is 0. The van der Waals surface area contributed by atoms with Crippen LogP contribution < -0.4 is 11.1 Å². The molecule has 1 aliphatic rings. The molecule has 1 atom stereocenters. The van der Waals surface area contributed by atoms with Crippen molar-refractivity contribution in [1.29, 1.82) is 0 Å². The third-order valence-electron chi connectivity index (χ3n) is 2.60. The van der Waals surface area contributed by atoms with Gasteiger partial charge in [0.1, 0.15) is 0 Å². The molecule has 16 heavy (non-hydrogen) atoms. The number of sulfone groups is 1. The number of fused-ring (bicyclic) bond motifs is 1. The lowest BCUT2D eigenvalue weighted by atomic mass is 10.1. The summed E-state index contributed by atoms with van der Waals surface area (Å²) in [6.45, 7) is 1.75. The number of hydrogen-bond donors (Lipinski definition) is 2. The summed E-state index contributed by atoms with van der Waals surface area (Å²) in [5.74, 6) is 0. The van der Waals surface area contributed by atoms with Gasteiger partial charge in [0.2, 0.25) is 9.84 Å². The molecule has 3 N–H and O–H groups in total. The molecule has 1 aromatic rings. The number of nitrogens with two attached hydrogens (primary N) is 1. The van der Waals surface area contributed by atoms with Crippen molar-refractivity contribution in [3.05, 3.63) is 23.8 Å². The van der Waals surface area contributed by atoms with E-state index in [1.54, 1.807) is 12.1 Å². The van der Waals surface area contributed by atoms with Crippen LogP contribution in [0, 0.1) is 0 Å². The highest BCUT2D eigenvalue weighted by atomic mass is 32.2. The number of benzene rings is 1. The summed E-state index contributed by atoms with van der Waals surface area (Å²) in [7, 11) is -3.86. The first-order valence-corrected chi connectivity index (χ1v) is 6.34. The molecule has 5 nitrogen and oxygen atoms in total. The van der Waals surface area contributed by atoms with Crippen molar-refractivity contribution in [3.63, 3.8) is 0 Å². The van der Waals surface area contributed by atoms with E-state index in [1.807, 2.05) is 0 Å². The van der Waals surface area contributed by atoms with Gasteiger partial charge in [0.25, 0.3) is 5.12 Å². The lowest BCUT2D eigenvalue weighted by molar-refractivity contribution is -0.112. The molecular formula is C10H12N2O3S. The van der Waals surface area contributed by atoms with Crippen molar-refractivity contribution in [2.75, 3.05) is 5.32 Å². The zero-order chi connectivity index (χ0) is 11.9. The number of carbonyl (C=O) groups excluding carboxylic acids is 1. The molecule has 0 amide bonds. The van der Waals surface area contributed by atoms with E-state index in [4.69, 9.17) is 5.73 Å². The van der Waals surface area contributed by atoms with Crippen molar-refractivity contribution < 1.29 is 13.2 Å². The Morgan fingerprint density at radius 3 is 2.75 bits per heavy atom. The maximum absolute atomic E-state index is 11.9. The van der Waals surface area contributed by atoms with Crippen molar-refractivity contribution in [2.45, 2.75) is 24.4 Å². The average Bonchev–Trinajstić information content (AvgIpc) is 2.26. The van der Waals surface area contributed by atoms with Crippen molar-refractivity contribution in [2.24, 2.45) is 5.73 Å². The van der Waals surface area contributed by atoms with Crippen LogP contribution in [-0.4, -0.2) is 19.6 Å². The largest absolute Gasteiger partial charge is 0.373 e. The monoisotopic (exact) mass is 240 g/mol. The van der Waals surface area contributed by atoms with Crippen LogP contribution in [0.1, 0.15) is 12.5 Å². The molecule has 2 rings (SSSR count). The van der Waals surface area contributed by atoms with E-state index < -0.39 is 21.0 Å². The fourth-order valence-corrected chi connectivity index (χ4v) is 3.21. The van der Waals surface area contributed by atoms with E-state index in [0.717, 1.165) is 0 Å². The summed E-state index contributed by atoms with van der Waals surface area (Å²) in [4.78, 5) is 11.6.